The average Bonchev–Trinajstić information content (AvgIpc) is 3.02. The van der Waals surface area contributed by atoms with Crippen LogP contribution in [0.4, 0.5) is 10.1 Å². The van der Waals surface area contributed by atoms with Crippen molar-refractivity contribution in [2.75, 3.05) is 17.9 Å². The Hall–Kier alpha value is -4.50. The summed E-state index contributed by atoms with van der Waals surface area (Å²) < 4.78 is 43.7. The summed E-state index contributed by atoms with van der Waals surface area (Å²) in [5.41, 5.74) is 2.31. The molecule has 218 valence electrons. The van der Waals surface area contributed by atoms with Crippen LogP contribution < -0.4 is 9.62 Å². The highest BCUT2D eigenvalue weighted by Gasteiger charge is 2.34. The van der Waals surface area contributed by atoms with Gasteiger partial charge in [0.1, 0.15) is 18.4 Å². The highest BCUT2D eigenvalue weighted by Crippen LogP contribution is 2.26. The highest BCUT2D eigenvalue weighted by molar-refractivity contribution is 7.92. The van der Waals surface area contributed by atoms with E-state index < -0.39 is 40.2 Å². The smallest absolute Gasteiger partial charge is 0.264 e. The number of anilines is 1. The molecule has 4 rings (SSSR count). The molecule has 0 fully saturated rings. The van der Waals surface area contributed by atoms with Gasteiger partial charge in [-0.2, -0.15) is 0 Å². The summed E-state index contributed by atoms with van der Waals surface area (Å²) >= 11 is 0. The molecule has 4 aromatic carbocycles. The number of rotatable bonds is 12. The fourth-order valence-electron chi connectivity index (χ4n) is 4.68. The zero-order valence-corrected chi connectivity index (χ0v) is 24.4. The maximum atomic E-state index is 14.9. The molecule has 0 aliphatic rings. The van der Waals surface area contributed by atoms with Crippen LogP contribution in [-0.4, -0.2) is 44.8 Å². The molecule has 0 aliphatic carbocycles. The first-order valence-corrected chi connectivity index (χ1v) is 15.1. The first-order chi connectivity index (χ1) is 20.2. The summed E-state index contributed by atoms with van der Waals surface area (Å²) in [5, 5.41) is 2.62. The number of likely N-dealkylation sites (N-methyl/N-ethyl adjacent to an activating group) is 1. The van der Waals surface area contributed by atoms with Gasteiger partial charge in [0.05, 0.1) is 10.6 Å². The number of nitrogens with zero attached hydrogens (tertiary/aromatic N) is 2. The minimum absolute atomic E-state index is 0.0187. The van der Waals surface area contributed by atoms with Gasteiger partial charge < -0.3 is 10.2 Å². The van der Waals surface area contributed by atoms with Gasteiger partial charge >= 0.3 is 0 Å². The monoisotopic (exact) mass is 587 g/mol. The first kappa shape index (κ1) is 30.5. The van der Waals surface area contributed by atoms with Crippen molar-refractivity contribution >= 4 is 27.5 Å². The van der Waals surface area contributed by atoms with Crippen LogP contribution in [0.1, 0.15) is 23.6 Å². The molecule has 0 radical (unpaired) electrons. The van der Waals surface area contributed by atoms with Crippen LogP contribution in [0.2, 0.25) is 0 Å². The number of sulfonamides is 1. The van der Waals surface area contributed by atoms with Crippen molar-refractivity contribution in [1.29, 1.82) is 0 Å². The van der Waals surface area contributed by atoms with Crippen LogP contribution >= 0.6 is 0 Å². The van der Waals surface area contributed by atoms with E-state index in [0.717, 1.165) is 21.9 Å². The largest absolute Gasteiger partial charge is 0.357 e. The molecular formula is C33H34FN3O4S. The van der Waals surface area contributed by atoms with Gasteiger partial charge in [0.15, 0.2) is 0 Å². The summed E-state index contributed by atoms with van der Waals surface area (Å²) in [5.74, 6) is -1.63. The summed E-state index contributed by atoms with van der Waals surface area (Å²) in [6.07, 6.45) is 0.908. The van der Waals surface area contributed by atoms with Gasteiger partial charge in [-0.05, 0) is 47.9 Å². The molecule has 2 amide bonds. The second-order valence-electron chi connectivity index (χ2n) is 9.78. The number of hydrogen-bond acceptors (Lipinski definition) is 4. The summed E-state index contributed by atoms with van der Waals surface area (Å²) in [7, 11) is -2.72. The van der Waals surface area contributed by atoms with Crippen molar-refractivity contribution < 1.29 is 22.4 Å². The molecule has 0 spiro atoms. The molecule has 9 heteroatoms. The summed E-state index contributed by atoms with van der Waals surface area (Å²) in [4.78, 5) is 28.7. The minimum atomic E-state index is -4.18. The maximum absolute atomic E-state index is 14.9. The second kappa shape index (κ2) is 13.9. The topological polar surface area (TPSA) is 86.8 Å². The lowest BCUT2D eigenvalue weighted by Crippen LogP contribution is -2.53. The minimum Gasteiger partial charge on any atom is -0.357 e. The SMILES string of the molecule is CCc1ccc(N(CC(=O)N(Cc2ccccc2F)C(Cc2ccccc2)C(=O)NC)S(=O)(=O)c2ccccc2)cc1. The standard InChI is InChI=1S/C33H34FN3O4S/c1-3-25-18-20-28(21-19-25)37(42(40,41)29-15-8-5-9-16-29)24-32(38)36(23-27-14-10-11-17-30(27)34)31(33(39)35-2)22-26-12-6-4-7-13-26/h4-21,31H,3,22-24H2,1-2H3,(H,35,39). The maximum Gasteiger partial charge on any atom is 0.264 e. The number of hydrogen-bond donors (Lipinski definition) is 1. The van der Waals surface area contributed by atoms with Crippen LogP contribution in [0.5, 0.6) is 0 Å². The van der Waals surface area contributed by atoms with Gasteiger partial charge in [-0.25, -0.2) is 12.8 Å². The van der Waals surface area contributed by atoms with Crippen LogP contribution in [0.25, 0.3) is 0 Å². The van der Waals surface area contributed by atoms with Crippen molar-refractivity contribution in [2.45, 2.75) is 37.2 Å². The Morgan fingerprint density at radius 2 is 1.40 bits per heavy atom. The van der Waals surface area contributed by atoms with Crippen molar-refractivity contribution in [3.05, 3.63) is 132 Å². The third kappa shape index (κ3) is 7.22. The van der Waals surface area contributed by atoms with Gasteiger partial charge in [0.2, 0.25) is 11.8 Å². The number of benzene rings is 4. The zero-order valence-electron chi connectivity index (χ0n) is 23.6. The molecule has 4 aromatic rings. The molecule has 0 bridgehead atoms. The number of halogens is 1. The van der Waals surface area contributed by atoms with E-state index in [1.165, 1.54) is 30.1 Å². The van der Waals surface area contributed by atoms with Crippen molar-refractivity contribution in [1.82, 2.24) is 10.2 Å². The van der Waals surface area contributed by atoms with E-state index in [9.17, 15) is 22.4 Å². The van der Waals surface area contributed by atoms with E-state index in [1.807, 2.05) is 49.4 Å². The Bertz CT molecular complexity index is 1600. The van der Waals surface area contributed by atoms with Gasteiger partial charge in [-0.1, -0.05) is 85.8 Å². The molecule has 0 saturated carbocycles. The Morgan fingerprint density at radius 1 is 0.810 bits per heavy atom. The van der Waals surface area contributed by atoms with E-state index in [2.05, 4.69) is 5.32 Å². The molecular weight excluding hydrogens is 553 g/mol. The quantitative estimate of drug-likeness (QED) is 0.254. The average molecular weight is 588 g/mol. The van der Waals surface area contributed by atoms with E-state index in [1.54, 1.807) is 48.5 Å². The normalized spacial score (nSPS) is 11.9. The second-order valence-corrected chi connectivity index (χ2v) is 11.6. The van der Waals surface area contributed by atoms with Crippen LogP contribution in [0.3, 0.4) is 0 Å². The predicted molar refractivity (Wildman–Crippen MR) is 162 cm³/mol. The van der Waals surface area contributed by atoms with E-state index >= 15 is 0 Å². The van der Waals surface area contributed by atoms with E-state index in [0.29, 0.717) is 5.69 Å². The molecule has 7 nitrogen and oxygen atoms in total. The van der Waals surface area contributed by atoms with Crippen molar-refractivity contribution in [3.8, 4) is 0 Å². The molecule has 1 N–H and O–H groups in total. The van der Waals surface area contributed by atoms with Crippen LogP contribution in [-0.2, 0) is 39.0 Å². The number of nitrogens with one attached hydrogen (secondary N) is 1. The molecule has 0 heterocycles. The summed E-state index contributed by atoms with van der Waals surface area (Å²) in [6, 6.07) is 29.0. The fourth-order valence-corrected chi connectivity index (χ4v) is 6.11. The Balaban J connectivity index is 1.79. The number of carbonyl (C=O) groups excluding carboxylic acids is 2. The number of carbonyl (C=O) groups is 2. The molecule has 0 aromatic heterocycles. The number of amides is 2. The first-order valence-electron chi connectivity index (χ1n) is 13.7. The van der Waals surface area contributed by atoms with Gasteiger partial charge in [-0.3, -0.25) is 13.9 Å². The molecule has 42 heavy (non-hydrogen) atoms. The fraction of sp³-hybridized carbons (Fsp3) is 0.212. The molecule has 1 unspecified atom stereocenters. The molecule has 1 atom stereocenters. The molecule has 0 saturated heterocycles. The lowest BCUT2D eigenvalue weighted by Gasteiger charge is -2.33. The van der Waals surface area contributed by atoms with Gasteiger partial charge in [0, 0.05) is 25.6 Å². The van der Waals surface area contributed by atoms with Gasteiger partial charge in [0.25, 0.3) is 10.0 Å². The van der Waals surface area contributed by atoms with Crippen molar-refractivity contribution in [2.24, 2.45) is 0 Å². The van der Waals surface area contributed by atoms with Gasteiger partial charge in [-0.15, -0.1) is 0 Å². The Labute approximate surface area is 246 Å². The van der Waals surface area contributed by atoms with E-state index in [-0.39, 0.29) is 23.4 Å². The number of aryl methyl sites for hydroxylation is 1. The highest BCUT2D eigenvalue weighted by atomic mass is 32.2. The third-order valence-corrected chi connectivity index (χ3v) is 8.85. The lowest BCUT2D eigenvalue weighted by molar-refractivity contribution is -0.139. The van der Waals surface area contributed by atoms with Crippen molar-refractivity contribution in [3.63, 3.8) is 0 Å². The van der Waals surface area contributed by atoms with Crippen LogP contribution in [0, 0.1) is 5.82 Å². The summed E-state index contributed by atoms with van der Waals surface area (Å²) in [6.45, 7) is 1.16. The predicted octanol–water partition coefficient (Wildman–Crippen LogP) is 4.97. The molecule has 0 aliphatic heterocycles. The van der Waals surface area contributed by atoms with Crippen LogP contribution in [0.15, 0.2) is 114 Å². The zero-order chi connectivity index (χ0) is 30.1. The Morgan fingerprint density at radius 3 is 2.00 bits per heavy atom. The Kier molecular flexibility index (Phi) is 10.1. The lowest BCUT2D eigenvalue weighted by atomic mass is 10.0. The third-order valence-electron chi connectivity index (χ3n) is 7.06. The van der Waals surface area contributed by atoms with E-state index in [4.69, 9.17) is 0 Å².